The summed E-state index contributed by atoms with van der Waals surface area (Å²) >= 11 is 7.22. The molecule has 1 aromatic heterocycles. The molecule has 0 fully saturated rings. The molecule has 1 aromatic carbocycles. The second-order valence-electron chi connectivity index (χ2n) is 3.57. The van der Waals surface area contributed by atoms with Gasteiger partial charge in [0, 0.05) is 15.9 Å². The lowest BCUT2D eigenvalue weighted by Crippen LogP contribution is -2.11. The van der Waals surface area contributed by atoms with Gasteiger partial charge in [-0.3, -0.25) is 0 Å². The highest BCUT2D eigenvalue weighted by molar-refractivity contribution is 9.10. The first-order valence-corrected chi connectivity index (χ1v) is 7.99. The van der Waals surface area contributed by atoms with Crippen molar-refractivity contribution in [3.63, 3.8) is 0 Å². The summed E-state index contributed by atoms with van der Waals surface area (Å²) in [5.41, 5.74) is 1.31. The second-order valence-corrected chi connectivity index (χ2v) is 6.74. The van der Waals surface area contributed by atoms with Gasteiger partial charge >= 0.3 is 0 Å². The highest BCUT2D eigenvalue weighted by Gasteiger charge is 2.03. The predicted molar refractivity (Wildman–Crippen MR) is 80.0 cm³/mol. The Balaban J connectivity index is 2.08. The summed E-state index contributed by atoms with van der Waals surface area (Å²) in [6, 6.07) is 10.8. The van der Waals surface area contributed by atoms with Gasteiger partial charge in [-0.1, -0.05) is 46.7 Å². The summed E-state index contributed by atoms with van der Waals surface area (Å²) in [4.78, 5) is 1.28. The fourth-order valence-corrected chi connectivity index (χ4v) is 3.89. The molecule has 0 aliphatic rings. The SMILES string of the molecule is CCNCc1ccc(Sc2cccs2)cc1Br. The monoisotopic (exact) mass is 327 g/mol. The van der Waals surface area contributed by atoms with Crippen LogP contribution in [0.1, 0.15) is 12.5 Å². The van der Waals surface area contributed by atoms with Gasteiger partial charge in [-0.25, -0.2) is 0 Å². The first-order chi connectivity index (χ1) is 8.29. The van der Waals surface area contributed by atoms with E-state index in [-0.39, 0.29) is 0 Å². The first kappa shape index (κ1) is 13.1. The zero-order valence-electron chi connectivity index (χ0n) is 9.57. The van der Waals surface area contributed by atoms with E-state index in [1.54, 1.807) is 11.3 Å². The van der Waals surface area contributed by atoms with E-state index < -0.39 is 0 Å². The third-order valence-corrected chi connectivity index (χ3v) is 5.07. The lowest BCUT2D eigenvalue weighted by molar-refractivity contribution is 0.724. The van der Waals surface area contributed by atoms with Crippen molar-refractivity contribution in [2.24, 2.45) is 0 Å². The van der Waals surface area contributed by atoms with Gasteiger partial charge in [0.1, 0.15) is 0 Å². The number of thiophene rings is 1. The summed E-state index contributed by atoms with van der Waals surface area (Å²) in [6.45, 7) is 4.04. The molecule has 0 radical (unpaired) electrons. The summed E-state index contributed by atoms with van der Waals surface area (Å²) < 4.78 is 2.51. The highest BCUT2D eigenvalue weighted by atomic mass is 79.9. The van der Waals surface area contributed by atoms with Gasteiger partial charge in [-0.15, -0.1) is 11.3 Å². The Labute approximate surface area is 119 Å². The van der Waals surface area contributed by atoms with Crippen molar-refractivity contribution in [3.05, 3.63) is 45.7 Å². The zero-order valence-corrected chi connectivity index (χ0v) is 12.8. The van der Waals surface area contributed by atoms with Crippen molar-refractivity contribution < 1.29 is 0 Å². The van der Waals surface area contributed by atoms with Gasteiger partial charge in [-0.2, -0.15) is 0 Å². The number of hydrogen-bond donors (Lipinski definition) is 1. The third kappa shape index (κ3) is 3.85. The van der Waals surface area contributed by atoms with Gasteiger partial charge in [0.05, 0.1) is 4.21 Å². The molecule has 4 heteroatoms. The van der Waals surface area contributed by atoms with Crippen molar-refractivity contribution in [1.82, 2.24) is 5.32 Å². The maximum Gasteiger partial charge on any atom is 0.0646 e. The summed E-state index contributed by atoms with van der Waals surface area (Å²) in [7, 11) is 0. The number of halogens is 1. The summed E-state index contributed by atoms with van der Waals surface area (Å²) in [5, 5.41) is 5.44. The van der Waals surface area contributed by atoms with E-state index in [1.807, 2.05) is 11.8 Å². The Morgan fingerprint density at radius 3 is 2.88 bits per heavy atom. The van der Waals surface area contributed by atoms with Gasteiger partial charge in [0.15, 0.2) is 0 Å². The number of rotatable bonds is 5. The number of nitrogens with one attached hydrogen (secondary N) is 1. The Morgan fingerprint density at radius 1 is 1.35 bits per heavy atom. The van der Waals surface area contributed by atoms with Crippen LogP contribution in [0.4, 0.5) is 0 Å². The minimum Gasteiger partial charge on any atom is -0.313 e. The van der Waals surface area contributed by atoms with Crippen molar-refractivity contribution >= 4 is 39.0 Å². The van der Waals surface area contributed by atoms with E-state index in [4.69, 9.17) is 0 Å². The fourth-order valence-electron chi connectivity index (χ4n) is 1.43. The largest absolute Gasteiger partial charge is 0.313 e. The molecule has 0 spiro atoms. The Hall–Kier alpha value is -0.290. The van der Waals surface area contributed by atoms with E-state index >= 15 is 0 Å². The molecule has 2 aromatic rings. The maximum absolute atomic E-state index is 3.63. The van der Waals surface area contributed by atoms with E-state index in [2.05, 4.69) is 63.9 Å². The molecule has 0 unspecified atom stereocenters. The van der Waals surface area contributed by atoms with Crippen LogP contribution in [0.5, 0.6) is 0 Å². The number of benzene rings is 1. The van der Waals surface area contributed by atoms with Crippen LogP contribution >= 0.6 is 39.0 Å². The van der Waals surface area contributed by atoms with Crippen LogP contribution in [0.15, 0.2) is 49.3 Å². The molecule has 1 N–H and O–H groups in total. The zero-order chi connectivity index (χ0) is 12.1. The van der Waals surface area contributed by atoms with Crippen LogP contribution < -0.4 is 5.32 Å². The van der Waals surface area contributed by atoms with Crippen LogP contribution in [-0.4, -0.2) is 6.54 Å². The minimum atomic E-state index is 0.918. The average molecular weight is 328 g/mol. The van der Waals surface area contributed by atoms with Crippen LogP contribution in [0.2, 0.25) is 0 Å². The molecule has 0 amide bonds. The maximum atomic E-state index is 3.63. The number of hydrogen-bond acceptors (Lipinski definition) is 3. The normalized spacial score (nSPS) is 10.7. The minimum absolute atomic E-state index is 0.918. The third-order valence-electron chi connectivity index (χ3n) is 2.30. The summed E-state index contributed by atoms with van der Waals surface area (Å²) in [5.74, 6) is 0. The van der Waals surface area contributed by atoms with Gasteiger partial charge in [0.2, 0.25) is 0 Å². The molecular weight excluding hydrogens is 314 g/mol. The molecule has 0 saturated heterocycles. The topological polar surface area (TPSA) is 12.0 Å². The van der Waals surface area contributed by atoms with E-state index in [0.29, 0.717) is 0 Å². The molecule has 0 aliphatic heterocycles. The lowest BCUT2D eigenvalue weighted by atomic mass is 10.2. The molecular formula is C13H14BrNS2. The Bertz CT molecular complexity index is 468. The Kier molecular flexibility index (Phi) is 5.10. The molecule has 0 bridgehead atoms. The van der Waals surface area contributed by atoms with E-state index in [0.717, 1.165) is 13.1 Å². The molecule has 2 rings (SSSR count). The first-order valence-electron chi connectivity index (χ1n) is 5.50. The van der Waals surface area contributed by atoms with Crippen molar-refractivity contribution in [2.45, 2.75) is 22.6 Å². The van der Waals surface area contributed by atoms with Crippen LogP contribution in [0, 0.1) is 0 Å². The van der Waals surface area contributed by atoms with Gasteiger partial charge in [-0.05, 0) is 35.7 Å². The Morgan fingerprint density at radius 2 is 2.24 bits per heavy atom. The molecule has 0 aliphatic carbocycles. The van der Waals surface area contributed by atoms with E-state index in [1.165, 1.54) is 19.1 Å². The van der Waals surface area contributed by atoms with Crippen LogP contribution in [0.3, 0.4) is 0 Å². The van der Waals surface area contributed by atoms with Crippen molar-refractivity contribution in [2.75, 3.05) is 6.54 Å². The van der Waals surface area contributed by atoms with Crippen LogP contribution in [-0.2, 0) is 6.54 Å². The predicted octanol–water partition coefficient (Wildman–Crippen LogP) is 4.77. The van der Waals surface area contributed by atoms with Crippen LogP contribution in [0.25, 0.3) is 0 Å². The lowest BCUT2D eigenvalue weighted by Gasteiger charge is -2.07. The molecule has 0 saturated carbocycles. The molecule has 1 nitrogen and oxygen atoms in total. The smallest absolute Gasteiger partial charge is 0.0646 e. The molecule has 0 atom stereocenters. The van der Waals surface area contributed by atoms with Crippen molar-refractivity contribution in [1.29, 1.82) is 0 Å². The fraction of sp³-hybridized carbons (Fsp3) is 0.231. The standard InChI is InChI=1S/C13H14BrNS2/c1-2-15-9-10-5-6-11(8-12(10)14)17-13-4-3-7-16-13/h3-8,15H,2,9H2,1H3. The van der Waals surface area contributed by atoms with Gasteiger partial charge < -0.3 is 5.32 Å². The van der Waals surface area contributed by atoms with Gasteiger partial charge in [0.25, 0.3) is 0 Å². The molecule has 17 heavy (non-hydrogen) atoms. The highest BCUT2D eigenvalue weighted by Crippen LogP contribution is 2.33. The second kappa shape index (κ2) is 6.59. The molecule has 1 heterocycles. The van der Waals surface area contributed by atoms with E-state index in [9.17, 15) is 0 Å². The van der Waals surface area contributed by atoms with Crippen molar-refractivity contribution in [3.8, 4) is 0 Å². The molecule has 90 valence electrons. The quantitative estimate of drug-likeness (QED) is 0.848. The average Bonchev–Trinajstić information content (AvgIpc) is 2.81. The summed E-state index contributed by atoms with van der Waals surface area (Å²) in [6.07, 6.45) is 0.